The van der Waals surface area contributed by atoms with Crippen LogP contribution in [0.3, 0.4) is 0 Å². The SMILES string of the molecule is C=CC(=O)C(O)(CN)C(=O)C=C.CCCC. The van der Waals surface area contributed by atoms with Gasteiger partial charge in [0.15, 0.2) is 11.6 Å². The van der Waals surface area contributed by atoms with E-state index in [1.54, 1.807) is 0 Å². The second kappa shape index (κ2) is 9.00. The van der Waals surface area contributed by atoms with E-state index in [1.807, 2.05) is 0 Å². The van der Waals surface area contributed by atoms with Crippen molar-refractivity contribution >= 4 is 11.6 Å². The summed E-state index contributed by atoms with van der Waals surface area (Å²) >= 11 is 0. The van der Waals surface area contributed by atoms with E-state index in [1.165, 1.54) is 12.8 Å². The van der Waals surface area contributed by atoms with E-state index in [4.69, 9.17) is 5.73 Å². The van der Waals surface area contributed by atoms with Gasteiger partial charge in [0.05, 0.1) is 0 Å². The highest BCUT2D eigenvalue weighted by Gasteiger charge is 2.38. The monoisotopic (exact) mass is 227 g/mol. The van der Waals surface area contributed by atoms with Crippen LogP contribution in [0.2, 0.25) is 0 Å². The second-order valence-corrected chi connectivity index (χ2v) is 3.20. The summed E-state index contributed by atoms with van der Waals surface area (Å²) in [5.74, 6) is -1.62. The Balaban J connectivity index is 0. The van der Waals surface area contributed by atoms with Crippen molar-refractivity contribution in [2.24, 2.45) is 5.73 Å². The quantitative estimate of drug-likeness (QED) is 0.524. The Bertz CT molecular complexity index is 237. The molecule has 16 heavy (non-hydrogen) atoms. The number of hydrogen-bond acceptors (Lipinski definition) is 4. The van der Waals surface area contributed by atoms with Gasteiger partial charge in [0.1, 0.15) is 0 Å². The number of aliphatic hydroxyl groups is 1. The molecule has 0 spiro atoms. The number of ketones is 2. The summed E-state index contributed by atoms with van der Waals surface area (Å²) in [5.41, 5.74) is 2.90. The van der Waals surface area contributed by atoms with Gasteiger partial charge in [-0.3, -0.25) is 9.59 Å². The van der Waals surface area contributed by atoms with Crippen LogP contribution < -0.4 is 5.73 Å². The number of nitrogens with two attached hydrogens (primary N) is 1. The Morgan fingerprint density at radius 2 is 1.50 bits per heavy atom. The van der Waals surface area contributed by atoms with E-state index in [9.17, 15) is 14.7 Å². The minimum Gasteiger partial charge on any atom is -0.373 e. The topological polar surface area (TPSA) is 80.4 Å². The molecule has 3 N–H and O–H groups in total. The van der Waals surface area contributed by atoms with E-state index in [0.29, 0.717) is 0 Å². The summed E-state index contributed by atoms with van der Waals surface area (Å²) in [5, 5.41) is 9.39. The molecule has 0 amide bonds. The van der Waals surface area contributed by atoms with Crippen LogP contribution in [0.15, 0.2) is 25.3 Å². The maximum atomic E-state index is 10.9. The molecule has 0 unspecified atom stereocenters. The third kappa shape index (κ3) is 5.00. The normalized spacial score (nSPS) is 9.75. The Hall–Kier alpha value is -1.26. The maximum absolute atomic E-state index is 10.9. The number of hydrogen-bond donors (Lipinski definition) is 2. The van der Waals surface area contributed by atoms with Crippen molar-refractivity contribution in [2.75, 3.05) is 6.54 Å². The Morgan fingerprint density at radius 1 is 1.19 bits per heavy atom. The molecule has 0 radical (unpaired) electrons. The zero-order valence-corrected chi connectivity index (χ0v) is 10.0. The minimum atomic E-state index is -2.18. The van der Waals surface area contributed by atoms with Gasteiger partial charge in [0.2, 0.25) is 5.60 Å². The molecule has 0 aromatic heterocycles. The number of unbranched alkanes of at least 4 members (excludes halogenated alkanes) is 1. The fraction of sp³-hybridized carbons (Fsp3) is 0.500. The van der Waals surface area contributed by atoms with Crippen molar-refractivity contribution in [3.63, 3.8) is 0 Å². The predicted molar refractivity (Wildman–Crippen MR) is 65.0 cm³/mol. The van der Waals surface area contributed by atoms with Crippen molar-refractivity contribution in [3.8, 4) is 0 Å². The van der Waals surface area contributed by atoms with E-state index >= 15 is 0 Å². The van der Waals surface area contributed by atoms with Gasteiger partial charge in [-0.25, -0.2) is 0 Å². The highest BCUT2D eigenvalue weighted by atomic mass is 16.3. The van der Waals surface area contributed by atoms with Crippen molar-refractivity contribution in [2.45, 2.75) is 32.3 Å². The summed E-state index contributed by atoms with van der Waals surface area (Å²) in [6.07, 6.45) is 4.35. The number of rotatable bonds is 6. The molecule has 0 aliphatic carbocycles. The standard InChI is InChI=1S/C8H11NO3.C4H10/c1-3-6(10)8(12,5-9)7(11)4-2;1-3-4-2/h3-4,12H,1-2,5,9H2;3-4H2,1-2H3. The first-order chi connectivity index (χ1) is 7.44. The Kier molecular flexibility index (Phi) is 9.65. The molecule has 0 aliphatic heterocycles. The molecule has 0 heterocycles. The third-order valence-corrected chi connectivity index (χ3v) is 1.98. The van der Waals surface area contributed by atoms with E-state index < -0.39 is 23.7 Å². The van der Waals surface area contributed by atoms with Crippen LogP contribution in [0, 0.1) is 0 Å². The first-order valence-electron chi connectivity index (χ1n) is 5.20. The van der Waals surface area contributed by atoms with Gasteiger partial charge < -0.3 is 10.8 Å². The van der Waals surface area contributed by atoms with Gasteiger partial charge in [0.25, 0.3) is 0 Å². The summed E-state index contributed by atoms with van der Waals surface area (Å²) in [6, 6.07) is 0. The smallest absolute Gasteiger partial charge is 0.201 e. The fourth-order valence-corrected chi connectivity index (χ4v) is 0.660. The Labute approximate surface area is 96.8 Å². The van der Waals surface area contributed by atoms with Crippen LogP contribution in [-0.4, -0.2) is 28.8 Å². The largest absolute Gasteiger partial charge is 0.373 e. The predicted octanol–water partition coefficient (Wildman–Crippen LogP) is 0.993. The third-order valence-electron chi connectivity index (χ3n) is 1.98. The van der Waals surface area contributed by atoms with Gasteiger partial charge in [-0.15, -0.1) is 0 Å². The van der Waals surface area contributed by atoms with Gasteiger partial charge in [-0.05, 0) is 12.2 Å². The average Bonchev–Trinajstić information content (AvgIpc) is 2.35. The van der Waals surface area contributed by atoms with Crippen molar-refractivity contribution in [3.05, 3.63) is 25.3 Å². The molecule has 0 saturated heterocycles. The van der Waals surface area contributed by atoms with Crippen LogP contribution in [0.1, 0.15) is 26.7 Å². The van der Waals surface area contributed by atoms with Crippen LogP contribution in [0.25, 0.3) is 0 Å². The molecule has 0 fully saturated rings. The molecule has 0 saturated carbocycles. The highest BCUT2D eigenvalue weighted by Crippen LogP contribution is 2.07. The van der Waals surface area contributed by atoms with Gasteiger partial charge >= 0.3 is 0 Å². The van der Waals surface area contributed by atoms with Gasteiger partial charge in [0, 0.05) is 6.54 Å². The zero-order chi connectivity index (χ0) is 13.2. The first-order valence-corrected chi connectivity index (χ1v) is 5.20. The number of carbonyl (C=O) groups excluding carboxylic acids is 2. The lowest BCUT2D eigenvalue weighted by molar-refractivity contribution is -0.143. The molecule has 0 aromatic carbocycles. The summed E-state index contributed by atoms with van der Waals surface area (Å²) < 4.78 is 0. The van der Waals surface area contributed by atoms with Crippen molar-refractivity contribution in [1.82, 2.24) is 0 Å². The average molecular weight is 227 g/mol. The van der Waals surface area contributed by atoms with Crippen LogP contribution in [0.4, 0.5) is 0 Å². The fourth-order valence-electron chi connectivity index (χ4n) is 0.660. The Morgan fingerprint density at radius 3 is 1.62 bits per heavy atom. The van der Waals surface area contributed by atoms with E-state index in [-0.39, 0.29) is 0 Å². The van der Waals surface area contributed by atoms with Crippen LogP contribution in [-0.2, 0) is 9.59 Å². The molecule has 0 bridgehead atoms. The van der Waals surface area contributed by atoms with E-state index in [2.05, 4.69) is 27.0 Å². The molecule has 0 atom stereocenters. The zero-order valence-electron chi connectivity index (χ0n) is 10.0. The highest BCUT2D eigenvalue weighted by molar-refractivity contribution is 6.18. The molecule has 0 rings (SSSR count). The molecule has 4 heteroatoms. The summed E-state index contributed by atoms with van der Waals surface area (Å²) in [4.78, 5) is 21.9. The van der Waals surface area contributed by atoms with Crippen molar-refractivity contribution in [1.29, 1.82) is 0 Å². The van der Waals surface area contributed by atoms with Gasteiger partial charge in [-0.1, -0.05) is 39.8 Å². The maximum Gasteiger partial charge on any atom is 0.201 e. The van der Waals surface area contributed by atoms with Crippen LogP contribution >= 0.6 is 0 Å². The molecule has 0 aliphatic rings. The first kappa shape index (κ1) is 17.1. The second-order valence-electron chi connectivity index (χ2n) is 3.20. The summed E-state index contributed by atoms with van der Waals surface area (Å²) in [7, 11) is 0. The summed E-state index contributed by atoms with van der Waals surface area (Å²) in [6.45, 7) is 10.2. The molecular formula is C12H21NO3. The van der Waals surface area contributed by atoms with Crippen LogP contribution in [0.5, 0.6) is 0 Å². The molecule has 4 nitrogen and oxygen atoms in total. The lowest BCUT2D eigenvalue weighted by atomic mass is 9.93. The van der Waals surface area contributed by atoms with Gasteiger partial charge in [-0.2, -0.15) is 0 Å². The molecule has 0 aromatic rings. The lowest BCUT2D eigenvalue weighted by Gasteiger charge is -2.19. The minimum absolute atomic E-state index is 0.470. The molecule has 92 valence electrons. The molecular weight excluding hydrogens is 206 g/mol. The number of carbonyl (C=O) groups is 2. The van der Waals surface area contributed by atoms with E-state index in [0.717, 1.165) is 12.2 Å². The van der Waals surface area contributed by atoms with Crippen molar-refractivity contribution < 1.29 is 14.7 Å². The lowest BCUT2D eigenvalue weighted by Crippen LogP contribution is -2.51.